The summed E-state index contributed by atoms with van der Waals surface area (Å²) in [5.74, 6) is 1.65. The Balaban J connectivity index is 1.56. The molecule has 1 aliphatic heterocycles. The van der Waals surface area contributed by atoms with Crippen molar-refractivity contribution in [2.24, 2.45) is 0 Å². The maximum Gasteiger partial charge on any atom is 0.134 e. The van der Waals surface area contributed by atoms with Gasteiger partial charge in [-0.25, -0.2) is 4.39 Å². The molecule has 1 atom stereocenters. The minimum Gasteiger partial charge on any atom is -0.459 e. The van der Waals surface area contributed by atoms with Crippen molar-refractivity contribution in [3.05, 3.63) is 82.9 Å². The molecule has 0 spiro atoms. The molecule has 1 saturated heterocycles. The van der Waals surface area contributed by atoms with Gasteiger partial charge in [0.25, 0.3) is 0 Å². The summed E-state index contributed by atoms with van der Waals surface area (Å²) in [4.78, 5) is 2.35. The second-order valence-electron chi connectivity index (χ2n) is 7.20. The quantitative estimate of drug-likeness (QED) is 0.629. The zero-order valence-corrected chi connectivity index (χ0v) is 15.7. The molecule has 1 unspecified atom stereocenters. The number of hydrogen-bond donors (Lipinski definition) is 0. The molecule has 0 saturated carbocycles. The third-order valence-corrected chi connectivity index (χ3v) is 5.20. The normalized spacial score (nSPS) is 18.0. The second-order valence-corrected chi connectivity index (χ2v) is 7.20. The molecule has 1 fully saturated rings. The summed E-state index contributed by atoms with van der Waals surface area (Å²) >= 11 is 0. The lowest BCUT2D eigenvalue weighted by Crippen LogP contribution is -2.39. The first-order valence-electron chi connectivity index (χ1n) is 9.34. The van der Waals surface area contributed by atoms with E-state index in [2.05, 4.69) is 49.1 Å². The van der Waals surface area contributed by atoms with Crippen LogP contribution >= 0.6 is 0 Å². The van der Waals surface area contributed by atoms with E-state index in [1.54, 1.807) is 0 Å². The number of benzene rings is 2. The van der Waals surface area contributed by atoms with Crippen LogP contribution in [0.15, 0.2) is 59.0 Å². The number of furan rings is 1. The monoisotopic (exact) mass is 365 g/mol. The number of hydrogen-bond acceptors (Lipinski definition) is 3. The van der Waals surface area contributed by atoms with Gasteiger partial charge in [0, 0.05) is 12.1 Å². The standard InChI is InChI=1S/C23H24FNO2/c1-16-3-5-19(6-4-16)22-13-17(2)23(27-22)14-25-11-12-26-15-21(25)18-7-9-20(24)10-8-18/h3-10,13,21H,11-12,14-15H2,1-2H3. The fourth-order valence-electron chi connectivity index (χ4n) is 3.54. The molecule has 0 radical (unpaired) electrons. The highest BCUT2D eigenvalue weighted by atomic mass is 19.1. The number of morpholine rings is 1. The average Bonchev–Trinajstić information content (AvgIpc) is 3.04. The Morgan fingerprint density at radius 3 is 2.52 bits per heavy atom. The summed E-state index contributed by atoms with van der Waals surface area (Å²) in [6.07, 6.45) is 0. The van der Waals surface area contributed by atoms with Crippen molar-refractivity contribution in [1.29, 1.82) is 0 Å². The predicted molar refractivity (Wildman–Crippen MR) is 104 cm³/mol. The van der Waals surface area contributed by atoms with Gasteiger partial charge in [0.2, 0.25) is 0 Å². The molecular weight excluding hydrogens is 341 g/mol. The molecule has 1 aromatic heterocycles. The lowest BCUT2D eigenvalue weighted by atomic mass is 10.0. The van der Waals surface area contributed by atoms with Gasteiger partial charge in [-0.1, -0.05) is 42.0 Å². The van der Waals surface area contributed by atoms with E-state index in [1.807, 2.05) is 12.1 Å². The number of nitrogens with zero attached hydrogens (tertiary/aromatic N) is 1. The molecule has 4 rings (SSSR count). The lowest BCUT2D eigenvalue weighted by Gasteiger charge is -2.35. The van der Waals surface area contributed by atoms with Crippen molar-refractivity contribution in [3.8, 4) is 11.3 Å². The van der Waals surface area contributed by atoms with Crippen LogP contribution in [-0.2, 0) is 11.3 Å². The first kappa shape index (κ1) is 18.0. The van der Waals surface area contributed by atoms with Crippen molar-refractivity contribution < 1.29 is 13.5 Å². The molecule has 3 aromatic rings. The van der Waals surface area contributed by atoms with Crippen LogP contribution in [0.4, 0.5) is 4.39 Å². The Morgan fingerprint density at radius 1 is 1.04 bits per heavy atom. The molecule has 0 aliphatic carbocycles. The lowest BCUT2D eigenvalue weighted by molar-refractivity contribution is -0.0154. The minimum atomic E-state index is -0.216. The Labute approximate surface area is 159 Å². The summed E-state index contributed by atoms with van der Waals surface area (Å²) < 4.78 is 25.2. The van der Waals surface area contributed by atoms with Crippen LogP contribution < -0.4 is 0 Å². The topological polar surface area (TPSA) is 25.6 Å². The number of rotatable bonds is 4. The summed E-state index contributed by atoms with van der Waals surface area (Å²) in [6.45, 7) is 7.00. The van der Waals surface area contributed by atoms with E-state index in [9.17, 15) is 4.39 Å². The van der Waals surface area contributed by atoms with Gasteiger partial charge in [-0.15, -0.1) is 0 Å². The highest BCUT2D eigenvalue weighted by molar-refractivity contribution is 5.59. The Kier molecular flexibility index (Phi) is 5.10. The van der Waals surface area contributed by atoms with Crippen LogP contribution in [0.5, 0.6) is 0 Å². The molecule has 140 valence electrons. The van der Waals surface area contributed by atoms with E-state index in [1.165, 1.54) is 17.7 Å². The highest BCUT2D eigenvalue weighted by Crippen LogP contribution is 2.30. The smallest absolute Gasteiger partial charge is 0.134 e. The Morgan fingerprint density at radius 2 is 1.78 bits per heavy atom. The van der Waals surface area contributed by atoms with E-state index < -0.39 is 0 Å². The number of halogens is 1. The predicted octanol–water partition coefficient (Wildman–Crippen LogP) is 5.28. The van der Waals surface area contributed by atoms with Gasteiger partial charge in [-0.05, 0) is 43.2 Å². The molecule has 27 heavy (non-hydrogen) atoms. The van der Waals surface area contributed by atoms with E-state index in [0.29, 0.717) is 19.8 Å². The first-order valence-corrected chi connectivity index (χ1v) is 9.34. The fraction of sp³-hybridized carbons (Fsp3) is 0.304. The molecule has 0 bridgehead atoms. The van der Waals surface area contributed by atoms with Crippen LogP contribution in [0.3, 0.4) is 0 Å². The molecule has 3 nitrogen and oxygen atoms in total. The van der Waals surface area contributed by atoms with Gasteiger partial charge in [0.1, 0.15) is 17.3 Å². The van der Waals surface area contributed by atoms with Crippen molar-refractivity contribution in [3.63, 3.8) is 0 Å². The van der Waals surface area contributed by atoms with Crippen molar-refractivity contribution in [1.82, 2.24) is 4.90 Å². The molecule has 2 heterocycles. The summed E-state index contributed by atoms with van der Waals surface area (Å²) in [5, 5.41) is 0. The average molecular weight is 365 g/mol. The Bertz CT molecular complexity index is 899. The highest BCUT2D eigenvalue weighted by Gasteiger charge is 2.26. The van der Waals surface area contributed by atoms with Gasteiger partial charge in [-0.2, -0.15) is 0 Å². The molecule has 2 aromatic carbocycles. The zero-order chi connectivity index (χ0) is 18.8. The van der Waals surface area contributed by atoms with Crippen LogP contribution in [0.1, 0.15) is 28.5 Å². The van der Waals surface area contributed by atoms with Crippen LogP contribution in [0.2, 0.25) is 0 Å². The third-order valence-electron chi connectivity index (χ3n) is 5.20. The van der Waals surface area contributed by atoms with Crippen LogP contribution in [0, 0.1) is 19.7 Å². The van der Waals surface area contributed by atoms with Crippen molar-refractivity contribution in [2.45, 2.75) is 26.4 Å². The molecule has 0 amide bonds. The van der Waals surface area contributed by atoms with E-state index in [4.69, 9.17) is 9.15 Å². The maximum atomic E-state index is 13.3. The van der Waals surface area contributed by atoms with E-state index in [-0.39, 0.29) is 11.9 Å². The molecular formula is C23H24FNO2. The largest absolute Gasteiger partial charge is 0.459 e. The van der Waals surface area contributed by atoms with E-state index in [0.717, 1.165) is 34.8 Å². The van der Waals surface area contributed by atoms with Crippen LogP contribution in [-0.4, -0.2) is 24.7 Å². The third kappa shape index (κ3) is 3.97. The summed E-state index contributed by atoms with van der Waals surface area (Å²) in [5.41, 5.74) is 4.54. The van der Waals surface area contributed by atoms with Crippen molar-refractivity contribution in [2.75, 3.05) is 19.8 Å². The zero-order valence-electron chi connectivity index (χ0n) is 15.7. The summed E-state index contributed by atoms with van der Waals surface area (Å²) in [7, 11) is 0. The minimum absolute atomic E-state index is 0.103. The van der Waals surface area contributed by atoms with Crippen LogP contribution in [0.25, 0.3) is 11.3 Å². The summed E-state index contributed by atoms with van der Waals surface area (Å²) in [6, 6.07) is 17.3. The van der Waals surface area contributed by atoms with Gasteiger partial charge < -0.3 is 9.15 Å². The van der Waals surface area contributed by atoms with Crippen molar-refractivity contribution >= 4 is 0 Å². The van der Waals surface area contributed by atoms with Gasteiger partial charge in [0.15, 0.2) is 0 Å². The van der Waals surface area contributed by atoms with Gasteiger partial charge in [-0.3, -0.25) is 4.90 Å². The Hall–Kier alpha value is -2.43. The number of aryl methyl sites for hydroxylation is 2. The number of ether oxygens (including phenoxy) is 1. The molecule has 1 aliphatic rings. The molecule has 0 N–H and O–H groups in total. The fourth-order valence-corrected chi connectivity index (χ4v) is 3.54. The van der Waals surface area contributed by atoms with Gasteiger partial charge >= 0.3 is 0 Å². The second kappa shape index (κ2) is 7.67. The van der Waals surface area contributed by atoms with E-state index >= 15 is 0 Å². The first-order chi connectivity index (χ1) is 13.1. The van der Waals surface area contributed by atoms with Gasteiger partial charge in [0.05, 0.1) is 25.8 Å². The molecule has 4 heteroatoms. The SMILES string of the molecule is Cc1ccc(-c2cc(C)c(CN3CCOCC3c3ccc(F)cc3)o2)cc1. The maximum absolute atomic E-state index is 13.3.